The average Bonchev–Trinajstić information content (AvgIpc) is 3.01. The number of hydrogen-bond acceptors (Lipinski definition) is 3. The Morgan fingerprint density at radius 3 is 2.95 bits per heavy atom. The second-order valence-electron chi connectivity index (χ2n) is 5.77. The highest BCUT2D eigenvalue weighted by molar-refractivity contribution is 5.47. The summed E-state index contributed by atoms with van der Waals surface area (Å²) in [5, 5.41) is 7.90. The quantitative estimate of drug-likeness (QED) is 0.926. The molecule has 0 amide bonds. The van der Waals surface area contributed by atoms with Crippen LogP contribution >= 0.6 is 0 Å². The molecule has 4 heteroatoms. The summed E-state index contributed by atoms with van der Waals surface area (Å²) >= 11 is 0. The topological polar surface area (TPSA) is 33.1 Å². The molecule has 2 atom stereocenters. The van der Waals surface area contributed by atoms with Crippen molar-refractivity contribution in [2.24, 2.45) is 0 Å². The number of anilines is 1. The molecule has 4 nitrogen and oxygen atoms in total. The third kappa shape index (κ3) is 3.02. The first-order valence-corrected chi connectivity index (χ1v) is 7.24. The van der Waals surface area contributed by atoms with Gasteiger partial charge in [0.2, 0.25) is 0 Å². The van der Waals surface area contributed by atoms with E-state index in [4.69, 9.17) is 0 Å². The fraction of sp³-hybridized carbons (Fsp3) is 0.438. The van der Waals surface area contributed by atoms with Crippen LogP contribution < -0.4 is 5.32 Å². The van der Waals surface area contributed by atoms with Crippen LogP contribution in [0.5, 0.6) is 0 Å². The van der Waals surface area contributed by atoms with Crippen LogP contribution in [0.3, 0.4) is 0 Å². The Balaban J connectivity index is 1.65. The first kappa shape index (κ1) is 13.2. The normalized spacial score (nSPS) is 23.1. The first-order valence-electron chi connectivity index (χ1n) is 7.24. The zero-order valence-electron chi connectivity index (χ0n) is 12.2. The van der Waals surface area contributed by atoms with E-state index in [0.29, 0.717) is 12.1 Å². The third-order valence-corrected chi connectivity index (χ3v) is 4.09. The maximum absolute atomic E-state index is 4.25. The number of aromatic nitrogens is 2. The lowest BCUT2D eigenvalue weighted by Crippen LogP contribution is -2.24. The van der Waals surface area contributed by atoms with E-state index in [1.807, 2.05) is 23.1 Å². The fourth-order valence-electron chi connectivity index (χ4n) is 2.87. The van der Waals surface area contributed by atoms with Gasteiger partial charge in [0.25, 0.3) is 0 Å². The molecule has 0 bridgehead atoms. The number of benzene rings is 1. The van der Waals surface area contributed by atoms with Crippen LogP contribution in [0.4, 0.5) is 5.69 Å². The number of rotatable bonds is 4. The van der Waals surface area contributed by atoms with E-state index in [0.717, 1.165) is 13.1 Å². The molecule has 0 spiro atoms. The summed E-state index contributed by atoms with van der Waals surface area (Å²) in [6.45, 7) is 4.23. The smallest absolute Gasteiger partial charge is 0.0660 e. The molecule has 106 valence electrons. The van der Waals surface area contributed by atoms with Gasteiger partial charge in [0, 0.05) is 36.7 Å². The summed E-state index contributed by atoms with van der Waals surface area (Å²) in [7, 11) is 2.19. The number of nitrogens with zero attached hydrogens (tertiary/aromatic N) is 3. The minimum atomic E-state index is 0.551. The highest BCUT2D eigenvalue weighted by atomic mass is 15.3. The number of hydrogen-bond donors (Lipinski definition) is 1. The van der Waals surface area contributed by atoms with Crippen molar-refractivity contribution in [3.8, 4) is 0 Å². The van der Waals surface area contributed by atoms with Gasteiger partial charge >= 0.3 is 0 Å². The van der Waals surface area contributed by atoms with E-state index in [2.05, 4.69) is 53.6 Å². The predicted molar refractivity (Wildman–Crippen MR) is 81.9 cm³/mol. The lowest BCUT2D eigenvalue weighted by Gasteiger charge is -2.15. The van der Waals surface area contributed by atoms with E-state index in [9.17, 15) is 0 Å². The molecule has 2 heterocycles. The molecule has 1 saturated heterocycles. The van der Waals surface area contributed by atoms with Crippen molar-refractivity contribution in [1.82, 2.24) is 14.7 Å². The summed E-state index contributed by atoms with van der Waals surface area (Å²) in [4.78, 5) is 2.41. The zero-order valence-corrected chi connectivity index (χ0v) is 12.2. The second kappa shape index (κ2) is 5.67. The minimum absolute atomic E-state index is 0.551. The Kier molecular flexibility index (Phi) is 3.74. The van der Waals surface area contributed by atoms with E-state index >= 15 is 0 Å². The van der Waals surface area contributed by atoms with Crippen molar-refractivity contribution in [3.05, 3.63) is 48.3 Å². The van der Waals surface area contributed by atoms with Gasteiger partial charge in [-0.3, -0.25) is 4.68 Å². The molecule has 0 aliphatic carbocycles. The number of nitrogens with one attached hydrogen (secondary N) is 1. The van der Waals surface area contributed by atoms with Gasteiger partial charge in [-0.1, -0.05) is 12.1 Å². The van der Waals surface area contributed by atoms with E-state index < -0.39 is 0 Å². The molecule has 20 heavy (non-hydrogen) atoms. The molecular formula is C16H22N4. The van der Waals surface area contributed by atoms with Crippen LogP contribution in [-0.2, 0) is 6.54 Å². The Hall–Kier alpha value is -1.81. The van der Waals surface area contributed by atoms with Crippen LogP contribution in [0, 0.1) is 0 Å². The fourth-order valence-corrected chi connectivity index (χ4v) is 2.87. The van der Waals surface area contributed by atoms with Crippen LogP contribution in [0.2, 0.25) is 0 Å². The Morgan fingerprint density at radius 1 is 1.35 bits per heavy atom. The van der Waals surface area contributed by atoms with Crippen LogP contribution in [0.1, 0.15) is 18.9 Å². The van der Waals surface area contributed by atoms with Gasteiger partial charge in [0.15, 0.2) is 0 Å². The molecule has 1 fully saturated rings. The van der Waals surface area contributed by atoms with Gasteiger partial charge in [-0.05, 0) is 44.2 Å². The van der Waals surface area contributed by atoms with Crippen molar-refractivity contribution in [2.45, 2.75) is 32.0 Å². The summed E-state index contributed by atoms with van der Waals surface area (Å²) < 4.78 is 1.95. The van der Waals surface area contributed by atoms with Crippen LogP contribution in [0.15, 0.2) is 42.7 Å². The molecule has 1 aliphatic rings. The third-order valence-electron chi connectivity index (χ3n) is 4.09. The molecule has 2 aromatic rings. The van der Waals surface area contributed by atoms with E-state index in [1.165, 1.54) is 17.7 Å². The molecule has 2 unspecified atom stereocenters. The van der Waals surface area contributed by atoms with Gasteiger partial charge in [0.1, 0.15) is 0 Å². The highest BCUT2D eigenvalue weighted by Crippen LogP contribution is 2.20. The second-order valence-corrected chi connectivity index (χ2v) is 5.77. The molecule has 1 aliphatic heterocycles. The Labute approximate surface area is 120 Å². The molecule has 0 saturated carbocycles. The van der Waals surface area contributed by atoms with Gasteiger partial charge in [-0.2, -0.15) is 5.10 Å². The van der Waals surface area contributed by atoms with Crippen molar-refractivity contribution in [2.75, 3.05) is 18.9 Å². The monoisotopic (exact) mass is 270 g/mol. The molecular weight excluding hydrogens is 248 g/mol. The SMILES string of the molecule is CC1CC(Nc2cccc(Cn3cccn3)c2)CN1C. The summed E-state index contributed by atoms with van der Waals surface area (Å²) in [6.07, 6.45) is 5.02. The maximum Gasteiger partial charge on any atom is 0.0660 e. The van der Waals surface area contributed by atoms with Crippen molar-refractivity contribution in [1.29, 1.82) is 0 Å². The molecule has 0 radical (unpaired) electrons. The molecule has 3 rings (SSSR count). The average molecular weight is 270 g/mol. The largest absolute Gasteiger partial charge is 0.381 e. The highest BCUT2D eigenvalue weighted by Gasteiger charge is 2.25. The minimum Gasteiger partial charge on any atom is -0.381 e. The van der Waals surface area contributed by atoms with Gasteiger partial charge in [-0.25, -0.2) is 0 Å². The van der Waals surface area contributed by atoms with Crippen LogP contribution in [0.25, 0.3) is 0 Å². The van der Waals surface area contributed by atoms with E-state index in [1.54, 1.807) is 0 Å². The van der Waals surface area contributed by atoms with Crippen molar-refractivity contribution < 1.29 is 0 Å². The standard InChI is InChI=1S/C16H22N4/c1-13-9-16(12-19(13)2)18-15-6-3-5-14(10-15)11-20-8-4-7-17-20/h3-8,10,13,16,18H,9,11-12H2,1-2H3. The summed E-state index contributed by atoms with van der Waals surface area (Å²) in [5.41, 5.74) is 2.49. The maximum atomic E-state index is 4.25. The summed E-state index contributed by atoms with van der Waals surface area (Å²) in [5.74, 6) is 0. The molecule has 1 aromatic carbocycles. The zero-order chi connectivity index (χ0) is 13.9. The first-order chi connectivity index (χ1) is 9.70. The molecule has 1 aromatic heterocycles. The van der Waals surface area contributed by atoms with Gasteiger partial charge in [0.05, 0.1) is 6.54 Å². The number of likely N-dealkylation sites (N-methyl/N-ethyl adjacent to an activating group) is 1. The van der Waals surface area contributed by atoms with E-state index in [-0.39, 0.29) is 0 Å². The Bertz CT molecular complexity index is 539. The Morgan fingerprint density at radius 2 is 2.25 bits per heavy atom. The van der Waals surface area contributed by atoms with Crippen molar-refractivity contribution in [3.63, 3.8) is 0 Å². The van der Waals surface area contributed by atoms with Gasteiger partial charge < -0.3 is 10.2 Å². The van der Waals surface area contributed by atoms with Gasteiger partial charge in [-0.15, -0.1) is 0 Å². The lowest BCUT2D eigenvalue weighted by atomic mass is 10.1. The van der Waals surface area contributed by atoms with Crippen molar-refractivity contribution >= 4 is 5.69 Å². The van der Waals surface area contributed by atoms with Crippen LogP contribution in [-0.4, -0.2) is 40.4 Å². The lowest BCUT2D eigenvalue weighted by molar-refractivity contribution is 0.330. The molecule has 1 N–H and O–H groups in total. The number of likely N-dealkylation sites (tertiary alicyclic amines) is 1. The summed E-state index contributed by atoms with van der Waals surface area (Å²) in [6, 6.07) is 11.8. The predicted octanol–water partition coefficient (Wildman–Crippen LogP) is 2.44.